The zero-order valence-electron chi connectivity index (χ0n) is 20.9. The van der Waals surface area contributed by atoms with E-state index in [1.165, 1.54) is 28.6 Å². The fourth-order valence-electron chi connectivity index (χ4n) is 4.14. The van der Waals surface area contributed by atoms with Crippen LogP contribution in [0.3, 0.4) is 0 Å². The van der Waals surface area contributed by atoms with E-state index in [0.29, 0.717) is 24.5 Å². The molecule has 0 unspecified atom stereocenters. The molecule has 0 bridgehead atoms. The molecule has 0 saturated carbocycles. The largest absolute Gasteiger partial charge is 0.492 e. The van der Waals surface area contributed by atoms with Crippen molar-refractivity contribution in [1.82, 2.24) is 9.62 Å². The number of nitrogens with one attached hydrogen (secondary N) is 1. The third-order valence-corrected chi connectivity index (χ3v) is 9.83. The number of carbonyl (C=O) groups is 1. The molecule has 0 radical (unpaired) electrons. The molecule has 38 heavy (non-hydrogen) atoms. The van der Waals surface area contributed by atoms with Crippen molar-refractivity contribution in [1.29, 1.82) is 0 Å². The van der Waals surface area contributed by atoms with Crippen molar-refractivity contribution in [3.8, 4) is 5.75 Å². The highest BCUT2D eigenvalue weighted by molar-refractivity contribution is 7.92. The number of para-hydroxylation sites is 1. The van der Waals surface area contributed by atoms with Crippen molar-refractivity contribution < 1.29 is 26.4 Å². The maximum Gasteiger partial charge on any atom is 0.264 e. The highest BCUT2D eigenvalue weighted by Crippen LogP contribution is 2.24. The maximum absolute atomic E-state index is 13.3. The lowest BCUT2D eigenvalue weighted by Crippen LogP contribution is -2.41. The lowest BCUT2D eigenvalue weighted by atomic mass is 10.2. The number of nitrogens with zero attached hydrogens (tertiary/aromatic N) is 2. The number of rotatable bonds is 11. The van der Waals surface area contributed by atoms with Crippen LogP contribution >= 0.6 is 0 Å². The average molecular weight is 558 g/mol. The third kappa shape index (κ3) is 6.72. The molecule has 4 rings (SSSR count). The number of hydrogen-bond acceptors (Lipinski definition) is 6. The van der Waals surface area contributed by atoms with Gasteiger partial charge in [0.1, 0.15) is 18.9 Å². The molecule has 1 aliphatic heterocycles. The molecule has 0 aromatic heterocycles. The molecule has 0 spiro atoms. The van der Waals surface area contributed by atoms with Crippen LogP contribution < -0.4 is 14.4 Å². The standard InChI is InChI=1S/C27H31N3O6S2/c31-27(22-30(23-10-4-1-5-11-23)38(34,35)25-12-6-2-7-13-25)28-18-21-36-24-14-16-26(17-15-24)37(32,33)29-19-8-3-9-20-29/h1-2,4-7,10-17H,3,8-9,18-22H2,(H,28,31). The SMILES string of the molecule is O=C(CN(c1ccccc1)S(=O)(=O)c1ccccc1)NCCOc1ccc(S(=O)(=O)N2CCCCC2)cc1. The van der Waals surface area contributed by atoms with Gasteiger partial charge in [-0.05, 0) is 61.4 Å². The first-order valence-electron chi connectivity index (χ1n) is 12.4. The zero-order valence-corrected chi connectivity index (χ0v) is 22.5. The van der Waals surface area contributed by atoms with Gasteiger partial charge in [0.2, 0.25) is 15.9 Å². The Hall–Kier alpha value is -3.41. The van der Waals surface area contributed by atoms with Crippen LogP contribution in [-0.4, -0.2) is 59.8 Å². The van der Waals surface area contributed by atoms with Gasteiger partial charge >= 0.3 is 0 Å². The maximum atomic E-state index is 13.3. The molecule has 1 N–H and O–H groups in total. The topological polar surface area (TPSA) is 113 Å². The van der Waals surface area contributed by atoms with Gasteiger partial charge in [-0.1, -0.05) is 42.8 Å². The van der Waals surface area contributed by atoms with Gasteiger partial charge in [-0.3, -0.25) is 9.10 Å². The van der Waals surface area contributed by atoms with Gasteiger partial charge in [-0.25, -0.2) is 16.8 Å². The summed E-state index contributed by atoms with van der Waals surface area (Å²) in [7, 11) is -7.47. The number of hydrogen-bond donors (Lipinski definition) is 1. The summed E-state index contributed by atoms with van der Waals surface area (Å²) < 4.78 is 60.3. The van der Waals surface area contributed by atoms with Crippen molar-refractivity contribution in [2.24, 2.45) is 0 Å². The molecule has 3 aromatic rings. The Morgan fingerprint density at radius 3 is 2.03 bits per heavy atom. The minimum Gasteiger partial charge on any atom is -0.492 e. The van der Waals surface area contributed by atoms with Crippen LogP contribution in [0.4, 0.5) is 5.69 Å². The number of anilines is 1. The van der Waals surface area contributed by atoms with Crippen LogP contribution in [0, 0.1) is 0 Å². The fourth-order valence-corrected chi connectivity index (χ4v) is 7.10. The summed E-state index contributed by atoms with van der Waals surface area (Å²) in [4.78, 5) is 13.0. The Balaban J connectivity index is 1.32. The van der Waals surface area contributed by atoms with Crippen molar-refractivity contribution in [2.45, 2.75) is 29.1 Å². The number of amides is 1. The molecule has 9 nitrogen and oxygen atoms in total. The molecule has 1 amide bonds. The summed E-state index contributed by atoms with van der Waals surface area (Å²) in [6, 6.07) is 22.6. The van der Waals surface area contributed by atoms with Gasteiger partial charge in [-0.2, -0.15) is 4.31 Å². The number of piperidine rings is 1. The van der Waals surface area contributed by atoms with E-state index < -0.39 is 32.5 Å². The molecular weight excluding hydrogens is 526 g/mol. The van der Waals surface area contributed by atoms with E-state index in [1.54, 1.807) is 60.7 Å². The minimum absolute atomic E-state index is 0.0886. The summed E-state index contributed by atoms with van der Waals surface area (Å²) >= 11 is 0. The zero-order chi connectivity index (χ0) is 27.0. The molecule has 1 aliphatic rings. The Bertz CT molecular complexity index is 1410. The fraction of sp³-hybridized carbons (Fsp3) is 0.296. The molecule has 3 aromatic carbocycles. The highest BCUT2D eigenvalue weighted by Gasteiger charge is 2.27. The average Bonchev–Trinajstić information content (AvgIpc) is 2.95. The van der Waals surface area contributed by atoms with Crippen molar-refractivity contribution >= 4 is 31.6 Å². The lowest BCUT2D eigenvalue weighted by Gasteiger charge is -2.25. The first-order valence-corrected chi connectivity index (χ1v) is 15.3. The predicted molar refractivity (Wildman–Crippen MR) is 145 cm³/mol. The summed E-state index contributed by atoms with van der Waals surface area (Å²) in [6.07, 6.45) is 2.78. The molecule has 11 heteroatoms. The van der Waals surface area contributed by atoms with Crippen LogP contribution in [0.25, 0.3) is 0 Å². The van der Waals surface area contributed by atoms with E-state index in [0.717, 1.165) is 23.6 Å². The predicted octanol–water partition coefficient (Wildman–Crippen LogP) is 3.25. The molecule has 0 aliphatic carbocycles. The first kappa shape index (κ1) is 27.6. The van der Waals surface area contributed by atoms with E-state index in [4.69, 9.17) is 4.74 Å². The van der Waals surface area contributed by atoms with E-state index in [1.807, 2.05) is 0 Å². The van der Waals surface area contributed by atoms with Crippen LogP contribution in [0.1, 0.15) is 19.3 Å². The summed E-state index contributed by atoms with van der Waals surface area (Å²) in [5, 5.41) is 2.68. The lowest BCUT2D eigenvalue weighted by molar-refractivity contribution is -0.119. The molecular formula is C27H31N3O6S2. The summed E-state index contributed by atoms with van der Waals surface area (Å²) in [5.41, 5.74) is 0.377. The Morgan fingerprint density at radius 1 is 0.789 bits per heavy atom. The molecule has 1 saturated heterocycles. The summed E-state index contributed by atoms with van der Waals surface area (Å²) in [6.45, 7) is 0.939. The second kappa shape index (κ2) is 12.4. The number of carbonyl (C=O) groups excluding carboxylic acids is 1. The second-order valence-corrected chi connectivity index (χ2v) is 12.6. The second-order valence-electron chi connectivity index (χ2n) is 8.79. The van der Waals surface area contributed by atoms with Gasteiger partial charge in [0, 0.05) is 13.1 Å². The van der Waals surface area contributed by atoms with Crippen LogP contribution in [0.15, 0.2) is 94.7 Å². The van der Waals surface area contributed by atoms with Gasteiger partial charge in [-0.15, -0.1) is 0 Å². The molecule has 1 fully saturated rings. The molecule has 0 atom stereocenters. The molecule has 202 valence electrons. The first-order chi connectivity index (χ1) is 18.3. The Labute approximate surface area is 224 Å². The Kier molecular flexibility index (Phi) is 9.03. The van der Waals surface area contributed by atoms with Crippen LogP contribution in [0.5, 0.6) is 5.75 Å². The molecule has 1 heterocycles. The van der Waals surface area contributed by atoms with E-state index in [9.17, 15) is 21.6 Å². The van der Waals surface area contributed by atoms with Gasteiger partial charge in [0.05, 0.1) is 22.0 Å². The number of benzene rings is 3. The Morgan fingerprint density at radius 2 is 1.39 bits per heavy atom. The van der Waals surface area contributed by atoms with E-state index in [-0.39, 0.29) is 22.9 Å². The van der Waals surface area contributed by atoms with Crippen LogP contribution in [-0.2, 0) is 24.8 Å². The van der Waals surface area contributed by atoms with Crippen LogP contribution in [0.2, 0.25) is 0 Å². The van der Waals surface area contributed by atoms with E-state index >= 15 is 0 Å². The normalized spacial score (nSPS) is 14.5. The minimum atomic E-state index is -3.96. The van der Waals surface area contributed by atoms with Crippen molar-refractivity contribution in [2.75, 3.05) is 37.1 Å². The smallest absolute Gasteiger partial charge is 0.264 e. The number of ether oxygens (including phenoxy) is 1. The van der Waals surface area contributed by atoms with Gasteiger partial charge < -0.3 is 10.1 Å². The van der Waals surface area contributed by atoms with Crippen molar-refractivity contribution in [3.05, 3.63) is 84.9 Å². The monoisotopic (exact) mass is 557 g/mol. The van der Waals surface area contributed by atoms with Gasteiger partial charge in [0.25, 0.3) is 10.0 Å². The van der Waals surface area contributed by atoms with Gasteiger partial charge in [0.15, 0.2) is 0 Å². The highest BCUT2D eigenvalue weighted by atomic mass is 32.2. The number of sulfonamides is 2. The quantitative estimate of drug-likeness (QED) is 0.362. The summed E-state index contributed by atoms with van der Waals surface area (Å²) in [5.74, 6) is -0.0191. The third-order valence-electron chi connectivity index (χ3n) is 6.13. The van der Waals surface area contributed by atoms with Crippen molar-refractivity contribution in [3.63, 3.8) is 0 Å². The van der Waals surface area contributed by atoms with E-state index in [2.05, 4.69) is 5.32 Å².